The van der Waals surface area contributed by atoms with E-state index in [0.29, 0.717) is 0 Å². The van der Waals surface area contributed by atoms with E-state index in [9.17, 15) is 27.9 Å². The molecule has 1 aliphatic carbocycles. The minimum Gasteiger partial charge on any atom is -0.444 e. The van der Waals surface area contributed by atoms with Gasteiger partial charge in [0.05, 0.1) is 23.2 Å². The molecule has 3 N–H and O–H groups in total. The molecule has 0 aliphatic heterocycles. The second-order valence-electron chi connectivity index (χ2n) is 10.4. The lowest BCUT2D eigenvalue weighted by molar-refractivity contribution is -0.137. The van der Waals surface area contributed by atoms with E-state index in [-0.39, 0.29) is 24.8 Å². The summed E-state index contributed by atoms with van der Waals surface area (Å²) < 4.78 is 50.1. The van der Waals surface area contributed by atoms with Crippen LogP contribution in [-0.2, 0) is 21.3 Å². The Bertz CT molecular complexity index is 861. The van der Waals surface area contributed by atoms with Gasteiger partial charge in [-0.3, -0.25) is 0 Å². The van der Waals surface area contributed by atoms with Crippen LogP contribution in [0.2, 0.25) is 0 Å². The number of halogens is 3. The fraction of sp³-hybridized carbons (Fsp3) is 0.652. The summed E-state index contributed by atoms with van der Waals surface area (Å²) in [6, 6.07) is 3.04. The molecule has 0 unspecified atom stereocenters. The molecule has 0 saturated heterocycles. The summed E-state index contributed by atoms with van der Waals surface area (Å²) in [5.41, 5.74) is -3.97. The number of ether oxygens (including phenoxy) is 2. The molecule has 0 spiro atoms. The van der Waals surface area contributed by atoms with Crippen LogP contribution in [0.1, 0.15) is 71.9 Å². The molecule has 0 radical (unpaired) electrons. The Kier molecular flexibility index (Phi) is 7.62. The van der Waals surface area contributed by atoms with Gasteiger partial charge in [-0.15, -0.1) is 0 Å². The third-order valence-electron chi connectivity index (χ3n) is 5.04. The van der Waals surface area contributed by atoms with Gasteiger partial charge in [0.25, 0.3) is 0 Å². The van der Waals surface area contributed by atoms with Crippen molar-refractivity contribution in [3.63, 3.8) is 0 Å². The maximum Gasteiger partial charge on any atom is 0.416 e. The lowest BCUT2D eigenvalue weighted by Gasteiger charge is -2.42. The molecule has 2 rings (SSSR count). The van der Waals surface area contributed by atoms with Crippen LogP contribution in [0.15, 0.2) is 24.3 Å². The molecule has 2 amide bonds. The van der Waals surface area contributed by atoms with E-state index >= 15 is 0 Å². The highest BCUT2D eigenvalue weighted by Gasteiger charge is 2.43. The van der Waals surface area contributed by atoms with Gasteiger partial charge in [0.2, 0.25) is 0 Å². The first-order valence-corrected chi connectivity index (χ1v) is 10.8. The minimum absolute atomic E-state index is 0.0707. The zero-order chi connectivity index (χ0) is 25.2. The number of aliphatic hydroxyl groups is 1. The summed E-state index contributed by atoms with van der Waals surface area (Å²) in [4.78, 5) is 24.7. The topological polar surface area (TPSA) is 96.9 Å². The van der Waals surface area contributed by atoms with Crippen LogP contribution in [-0.4, -0.2) is 40.6 Å². The van der Waals surface area contributed by atoms with E-state index in [1.165, 1.54) is 12.1 Å². The van der Waals surface area contributed by atoms with Crippen LogP contribution in [0, 0.1) is 0 Å². The normalized spacial score (nSPS) is 24.1. The maximum atomic E-state index is 13.2. The van der Waals surface area contributed by atoms with Crippen molar-refractivity contribution in [2.24, 2.45) is 0 Å². The Hall–Kier alpha value is -2.49. The largest absolute Gasteiger partial charge is 0.444 e. The Morgan fingerprint density at radius 3 is 1.97 bits per heavy atom. The van der Waals surface area contributed by atoms with Crippen molar-refractivity contribution < 1.29 is 37.3 Å². The quantitative estimate of drug-likeness (QED) is 0.581. The minimum atomic E-state index is -4.56. The van der Waals surface area contributed by atoms with Gasteiger partial charge in [-0.25, -0.2) is 9.59 Å². The van der Waals surface area contributed by atoms with Crippen molar-refractivity contribution in [3.8, 4) is 0 Å². The van der Waals surface area contributed by atoms with Crippen LogP contribution in [0.5, 0.6) is 0 Å². The monoisotopic (exact) mass is 474 g/mol. The summed E-state index contributed by atoms with van der Waals surface area (Å²) in [6.07, 6.45) is -5.90. The van der Waals surface area contributed by atoms with Crippen LogP contribution >= 0.6 is 0 Å². The highest BCUT2D eigenvalue weighted by atomic mass is 19.4. The third kappa shape index (κ3) is 8.10. The molecule has 0 heterocycles. The lowest BCUT2D eigenvalue weighted by atomic mass is 9.74. The maximum absolute atomic E-state index is 13.2. The molecular formula is C23H33F3N2O5. The fourth-order valence-electron chi connectivity index (χ4n) is 3.69. The van der Waals surface area contributed by atoms with Crippen molar-refractivity contribution in [1.82, 2.24) is 10.6 Å². The van der Waals surface area contributed by atoms with Crippen molar-refractivity contribution in [3.05, 3.63) is 35.4 Å². The van der Waals surface area contributed by atoms with E-state index in [4.69, 9.17) is 9.47 Å². The SMILES string of the molecule is CC(C)(C)OC(=O)N[C@H]1CC[C@@](O)(c2cccc(C(F)(F)F)c2)C[C@@H]1NC(=O)OC(C)(C)C. The lowest BCUT2D eigenvalue weighted by Crippen LogP contribution is -2.58. The molecule has 0 aromatic heterocycles. The summed E-state index contributed by atoms with van der Waals surface area (Å²) in [6.45, 7) is 10.2. The number of alkyl halides is 3. The van der Waals surface area contributed by atoms with E-state index in [0.717, 1.165) is 12.1 Å². The second-order valence-corrected chi connectivity index (χ2v) is 10.4. The van der Waals surface area contributed by atoms with Gasteiger partial charge in [-0.05, 0) is 72.1 Å². The predicted octanol–water partition coefficient (Wildman–Crippen LogP) is 4.86. The smallest absolute Gasteiger partial charge is 0.416 e. The molecule has 33 heavy (non-hydrogen) atoms. The number of benzene rings is 1. The van der Waals surface area contributed by atoms with E-state index in [1.54, 1.807) is 41.5 Å². The van der Waals surface area contributed by atoms with Gasteiger partial charge in [0, 0.05) is 6.42 Å². The van der Waals surface area contributed by atoms with Crippen molar-refractivity contribution in [1.29, 1.82) is 0 Å². The average Bonchev–Trinajstić information content (AvgIpc) is 2.60. The molecule has 7 nitrogen and oxygen atoms in total. The number of amides is 2. The summed E-state index contributed by atoms with van der Waals surface area (Å²) >= 11 is 0. The Morgan fingerprint density at radius 2 is 1.48 bits per heavy atom. The summed E-state index contributed by atoms with van der Waals surface area (Å²) in [5, 5.41) is 16.6. The highest BCUT2D eigenvalue weighted by molar-refractivity contribution is 5.70. The molecule has 186 valence electrons. The highest BCUT2D eigenvalue weighted by Crippen LogP contribution is 2.40. The average molecular weight is 475 g/mol. The first-order valence-electron chi connectivity index (χ1n) is 10.8. The second kappa shape index (κ2) is 9.40. The van der Waals surface area contributed by atoms with E-state index < -0.39 is 52.8 Å². The summed E-state index contributed by atoms with van der Waals surface area (Å²) in [5.74, 6) is 0. The first-order chi connectivity index (χ1) is 14.9. The van der Waals surface area contributed by atoms with Gasteiger partial charge in [-0.1, -0.05) is 12.1 Å². The molecule has 10 heteroatoms. The molecule has 1 saturated carbocycles. The molecule has 1 aromatic rings. The van der Waals surface area contributed by atoms with Crippen molar-refractivity contribution in [2.45, 2.75) is 95.9 Å². The molecule has 1 aliphatic rings. The van der Waals surface area contributed by atoms with Crippen molar-refractivity contribution in [2.75, 3.05) is 0 Å². The molecule has 1 aromatic carbocycles. The van der Waals surface area contributed by atoms with Crippen molar-refractivity contribution >= 4 is 12.2 Å². The number of nitrogens with one attached hydrogen (secondary N) is 2. The van der Waals surface area contributed by atoms with Crippen LogP contribution in [0.25, 0.3) is 0 Å². The fourth-order valence-corrected chi connectivity index (χ4v) is 3.69. The number of rotatable bonds is 3. The van der Waals surface area contributed by atoms with Gasteiger partial charge in [0.1, 0.15) is 11.2 Å². The number of hydrogen-bond donors (Lipinski definition) is 3. The number of carbonyl (C=O) groups is 2. The van der Waals surface area contributed by atoms with Crippen LogP contribution in [0.3, 0.4) is 0 Å². The number of hydrogen-bond acceptors (Lipinski definition) is 5. The van der Waals surface area contributed by atoms with Gasteiger partial charge < -0.3 is 25.2 Å². The molecule has 1 fully saturated rings. The van der Waals surface area contributed by atoms with E-state index in [1.807, 2.05) is 0 Å². The van der Waals surface area contributed by atoms with Gasteiger partial charge >= 0.3 is 18.4 Å². The van der Waals surface area contributed by atoms with Gasteiger partial charge in [-0.2, -0.15) is 13.2 Å². The standard InChI is InChI=1S/C23H33F3N2O5/c1-20(2,3)32-18(29)27-16-10-11-22(31,13-17(16)28-19(30)33-21(4,5)6)14-8-7-9-15(12-14)23(24,25)26/h7-9,12,16-17,31H,10-11,13H2,1-6H3,(H,27,29)(H,28,30)/t16-,17-,22-/m0/s1. The zero-order valence-corrected chi connectivity index (χ0v) is 19.8. The predicted molar refractivity (Wildman–Crippen MR) is 116 cm³/mol. The molecule has 0 bridgehead atoms. The molecular weight excluding hydrogens is 441 g/mol. The van der Waals surface area contributed by atoms with Crippen LogP contribution in [0.4, 0.5) is 22.8 Å². The Balaban J connectivity index is 2.28. The molecule has 3 atom stereocenters. The third-order valence-corrected chi connectivity index (χ3v) is 5.04. The summed E-state index contributed by atoms with van der Waals surface area (Å²) in [7, 11) is 0. The van der Waals surface area contributed by atoms with Crippen LogP contribution < -0.4 is 10.6 Å². The zero-order valence-electron chi connectivity index (χ0n) is 19.8. The van der Waals surface area contributed by atoms with E-state index in [2.05, 4.69) is 10.6 Å². The Labute approximate surface area is 192 Å². The Morgan fingerprint density at radius 1 is 0.970 bits per heavy atom. The number of carbonyl (C=O) groups excluding carboxylic acids is 2. The van der Waals surface area contributed by atoms with Gasteiger partial charge in [0.15, 0.2) is 0 Å². The first kappa shape index (κ1) is 26.8. The number of alkyl carbamates (subject to hydrolysis) is 2.